The maximum absolute atomic E-state index is 5.47. The van der Waals surface area contributed by atoms with Crippen molar-refractivity contribution in [3.05, 3.63) is 59.1 Å². The summed E-state index contributed by atoms with van der Waals surface area (Å²) in [5.74, 6) is 2.77. The van der Waals surface area contributed by atoms with Crippen molar-refractivity contribution in [3.63, 3.8) is 0 Å². The highest BCUT2D eigenvalue weighted by molar-refractivity contribution is 7.99. The number of ether oxygens (including phenoxy) is 2. The first-order valence-corrected chi connectivity index (χ1v) is 10.5. The quantitative estimate of drug-likeness (QED) is 0.698. The average Bonchev–Trinajstić information content (AvgIpc) is 3.35. The molecule has 3 heterocycles. The molecule has 26 heavy (non-hydrogen) atoms. The Hall–Kier alpha value is -2.02. The lowest BCUT2D eigenvalue weighted by atomic mass is 10.0. The largest absolute Gasteiger partial charge is 0.454 e. The van der Waals surface area contributed by atoms with Crippen LogP contribution in [0.1, 0.15) is 23.7 Å². The number of nitrogens with one attached hydrogen (secondary N) is 1. The molecule has 0 fully saturated rings. The van der Waals surface area contributed by atoms with Gasteiger partial charge in [0.15, 0.2) is 11.5 Å². The summed E-state index contributed by atoms with van der Waals surface area (Å²) in [5, 5.41) is 6.84. The number of benzene rings is 2. The second-order valence-corrected chi connectivity index (χ2v) is 8.32. The predicted molar refractivity (Wildman–Crippen MR) is 105 cm³/mol. The third-order valence-corrected chi connectivity index (χ3v) is 6.72. The Labute approximate surface area is 160 Å². The third kappa shape index (κ3) is 3.09. The molecule has 1 aromatic heterocycles. The molecule has 2 aliphatic heterocycles. The zero-order valence-corrected chi connectivity index (χ0v) is 15.7. The second-order valence-electron chi connectivity index (χ2n) is 6.32. The van der Waals surface area contributed by atoms with Crippen molar-refractivity contribution in [3.8, 4) is 22.1 Å². The van der Waals surface area contributed by atoms with Gasteiger partial charge in [-0.15, -0.1) is 23.1 Å². The van der Waals surface area contributed by atoms with Gasteiger partial charge >= 0.3 is 0 Å². The van der Waals surface area contributed by atoms with Gasteiger partial charge in [-0.05, 0) is 42.0 Å². The average molecular weight is 383 g/mol. The lowest BCUT2D eigenvalue weighted by Gasteiger charge is -2.25. The SMILES string of the molecule is c1ccc2c(c1)SCCC2NCc1csc(-c2ccc3c(c2)OCO3)n1. The van der Waals surface area contributed by atoms with Gasteiger partial charge in [-0.2, -0.15) is 0 Å². The molecular weight excluding hydrogens is 364 g/mol. The van der Waals surface area contributed by atoms with Crippen molar-refractivity contribution < 1.29 is 9.47 Å². The van der Waals surface area contributed by atoms with E-state index in [0.717, 1.165) is 46.5 Å². The zero-order chi connectivity index (χ0) is 17.3. The van der Waals surface area contributed by atoms with E-state index in [4.69, 9.17) is 14.5 Å². The van der Waals surface area contributed by atoms with Gasteiger partial charge < -0.3 is 14.8 Å². The van der Waals surface area contributed by atoms with Gasteiger partial charge in [0.05, 0.1) is 5.69 Å². The summed E-state index contributed by atoms with van der Waals surface area (Å²) < 4.78 is 10.8. The minimum Gasteiger partial charge on any atom is -0.454 e. The van der Waals surface area contributed by atoms with Crippen molar-refractivity contribution in [2.45, 2.75) is 23.9 Å². The molecule has 132 valence electrons. The van der Waals surface area contributed by atoms with Gasteiger partial charge in [-0.25, -0.2) is 4.98 Å². The Morgan fingerprint density at radius 3 is 3.04 bits per heavy atom. The molecule has 4 nitrogen and oxygen atoms in total. The summed E-state index contributed by atoms with van der Waals surface area (Å²) in [6, 6.07) is 15.1. The van der Waals surface area contributed by atoms with Crippen LogP contribution in [0.5, 0.6) is 11.5 Å². The van der Waals surface area contributed by atoms with E-state index in [2.05, 4.69) is 35.0 Å². The summed E-state index contributed by atoms with van der Waals surface area (Å²) in [5.41, 5.74) is 3.57. The Morgan fingerprint density at radius 2 is 2.04 bits per heavy atom. The molecule has 0 spiro atoms. The first kappa shape index (κ1) is 16.2. The van der Waals surface area contributed by atoms with E-state index in [1.165, 1.54) is 10.5 Å². The number of fused-ring (bicyclic) bond motifs is 2. The Bertz CT molecular complexity index is 941. The van der Waals surface area contributed by atoms with Crippen LogP contribution < -0.4 is 14.8 Å². The maximum atomic E-state index is 5.47. The van der Waals surface area contributed by atoms with Crippen LogP contribution >= 0.6 is 23.1 Å². The molecule has 6 heteroatoms. The van der Waals surface area contributed by atoms with Crippen LogP contribution in [0.2, 0.25) is 0 Å². The number of aromatic nitrogens is 1. The van der Waals surface area contributed by atoms with Crippen LogP contribution in [0.4, 0.5) is 0 Å². The fourth-order valence-corrected chi connectivity index (χ4v) is 5.27. The van der Waals surface area contributed by atoms with Crippen LogP contribution in [-0.2, 0) is 6.54 Å². The number of hydrogen-bond acceptors (Lipinski definition) is 6. The molecule has 5 rings (SSSR count). The number of thioether (sulfide) groups is 1. The summed E-state index contributed by atoms with van der Waals surface area (Å²) in [6.45, 7) is 1.08. The highest BCUT2D eigenvalue weighted by atomic mass is 32.2. The predicted octanol–water partition coefficient (Wildman–Crippen LogP) is 4.87. The van der Waals surface area contributed by atoms with E-state index in [1.54, 1.807) is 11.3 Å². The number of hydrogen-bond donors (Lipinski definition) is 1. The van der Waals surface area contributed by atoms with Crippen molar-refractivity contribution >= 4 is 23.1 Å². The normalized spacial score (nSPS) is 17.9. The van der Waals surface area contributed by atoms with E-state index < -0.39 is 0 Å². The molecule has 0 amide bonds. The number of nitrogens with zero attached hydrogens (tertiary/aromatic N) is 1. The van der Waals surface area contributed by atoms with Gasteiger partial charge in [-0.1, -0.05) is 18.2 Å². The molecule has 0 bridgehead atoms. The Morgan fingerprint density at radius 1 is 1.12 bits per heavy atom. The van der Waals surface area contributed by atoms with Crippen molar-refractivity contribution in [1.82, 2.24) is 10.3 Å². The summed E-state index contributed by atoms with van der Waals surface area (Å²) >= 11 is 3.62. The zero-order valence-electron chi connectivity index (χ0n) is 14.1. The van der Waals surface area contributed by atoms with E-state index in [9.17, 15) is 0 Å². The van der Waals surface area contributed by atoms with Crippen molar-refractivity contribution in [1.29, 1.82) is 0 Å². The lowest BCUT2D eigenvalue weighted by Crippen LogP contribution is -2.24. The van der Waals surface area contributed by atoms with Crippen LogP contribution in [0.15, 0.2) is 52.7 Å². The standard InChI is InChI=1S/C20H18N2O2S2/c1-2-4-19-15(3-1)16(7-8-25-19)21-10-14-11-26-20(22-14)13-5-6-17-18(9-13)24-12-23-17/h1-6,9,11,16,21H,7-8,10,12H2. The van der Waals surface area contributed by atoms with Gasteiger partial charge in [0.2, 0.25) is 6.79 Å². The third-order valence-electron chi connectivity index (χ3n) is 4.66. The molecule has 1 unspecified atom stereocenters. The lowest BCUT2D eigenvalue weighted by molar-refractivity contribution is 0.174. The van der Waals surface area contributed by atoms with Gasteiger partial charge in [0, 0.05) is 28.4 Å². The fourth-order valence-electron chi connectivity index (χ4n) is 3.33. The molecular formula is C20H18N2O2S2. The Balaban J connectivity index is 1.30. The van der Waals surface area contributed by atoms with E-state index in [0.29, 0.717) is 12.8 Å². The maximum Gasteiger partial charge on any atom is 0.231 e. The summed E-state index contributed by atoms with van der Waals surface area (Å²) in [6.07, 6.45) is 1.15. The van der Waals surface area contributed by atoms with Crippen LogP contribution in [-0.4, -0.2) is 17.5 Å². The van der Waals surface area contributed by atoms with Crippen LogP contribution in [0.3, 0.4) is 0 Å². The molecule has 0 saturated carbocycles. The van der Waals surface area contributed by atoms with Gasteiger partial charge in [0.1, 0.15) is 5.01 Å². The summed E-state index contributed by atoms with van der Waals surface area (Å²) in [4.78, 5) is 6.20. The number of thiazole rings is 1. The first-order chi connectivity index (χ1) is 12.9. The topological polar surface area (TPSA) is 43.4 Å². The van der Waals surface area contributed by atoms with Crippen molar-refractivity contribution in [2.75, 3.05) is 12.5 Å². The molecule has 2 aromatic carbocycles. The van der Waals surface area contributed by atoms with E-state index in [1.807, 2.05) is 30.0 Å². The van der Waals surface area contributed by atoms with Crippen LogP contribution in [0, 0.1) is 0 Å². The molecule has 2 aliphatic rings. The molecule has 0 saturated heterocycles. The minimum atomic E-state index is 0.299. The minimum absolute atomic E-state index is 0.299. The molecule has 1 atom stereocenters. The number of rotatable bonds is 4. The molecule has 0 radical (unpaired) electrons. The smallest absolute Gasteiger partial charge is 0.231 e. The van der Waals surface area contributed by atoms with E-state index in [-0.39, 0.29) is 0 Å². The highest BCUT2D eigenvalue weighted by Crippen LogP contribution is 2.37. The van der Waals surface area contributed by atoms with Crippen LogP contribution in [0.25, 0.3) is 10.6 Å². The monoisotopic (exact) mass is 382 g/mol. The van der Waals surface area contributed by atoms with Gasteiger partial charge in [-0.3, -0.25) is 0 Å². The second kappa shape index (κ2) is 6.95. The Kier molecular flexibility index (Phi) is 4.32. The molecule has 1 N–H and O–H groups in total. The van der Waals surface area contributed by atoms with E-state index >= 15 is 0 Å². The molecule has 3 aromatic rings. The van der Waals surface area contributed by atoms with Gasteiger partial charge in [0.25, 0.3) is 0 Å². The van der Waals surface area contributed by atoms with Crippen molar-refractivity contribution in [2.24, 2.45) is 0 Å². The first-order valence-electron chi connectivity index (χ1n) is 8.66. The summed E-state index contributed by atoms with van der Waals surface area (Å²) in [7, 11) is 0. The fraction of sp³-hybridized carbons (Fsp3) is 0.250. The highest BCUT2D eigenvalue weighted by Gasteiger charge is 2.20. The molecule has 0 aliphatic carbocycles.